The third kappa shape index (κ3) is 5.80. The van der Waals surface area contributed by atoms with E-state index in [9.17, 15) is 4.21 Å². The highest BCUT2D eigenvalue weighted by atomic mass is 32.2. The lowest BCUT2D eigenvalue weighted by molar-refractivity contribution is 0.611. The summed E-state index contributed by atoms with van der Waals surface area (Å²) in [5.41, 5.74) is 2.49. The topological polar surface area (TPSA) is 29.1 Å². The van der Waals surface area contributed by atoms with Crippen LogP contribution in [0, 0.1) is 0 Å². The molecule has 0 heterocycles. The first-order chi connectivity index (χ1) is 8.09. The second-order valence-corrected chi connectivity index (χ2v) is 5.87. The lowest BCUT2D eigenvalue weighted by atomic mass is 10.1. The summed E-state index contributed by atoms with van der Waals surface area (Å²) in [6.45, 7) is 4.98. The van der Waals surface area contributed by atoms with Crippen LogP contribution in [-0.2, 0) is 10.8 Å². The minimum Gasteiger partial charge on any atom is -0.306 e. The van der Waals surface area contributed by atoms with Gasteiger partial charge in [0.25, 0.3) is 0 Å². The molecule has 1 aromatic carbocycles. The Kier molecular flexibility index (Phi) is 6.16. The zero-order chi connectivity index (χ0) is 12.7. The highest BCUT2D eigenvalue weighted by molar-refractivity contribution is 7.84. The number of allylic oxidation sites excluding steroid dienone is 1. The normalized spacial score (nSPS) is 14.1. The predicted molar refractivity (Wildman–Crippen MR) is 75.6 cm³/mol. The van der Waals surface area contributed by atoms with Gasteiger partial charge in [0.05, 0.1) is 0 Å². The van der Waals surface area contributed by atoms with E-state index >= 15 is 0 Å². The number of nitrogens with one attached hydrogen (secondary N) is 1. The van der Waals surface area contributed by atoms with Gasteiger partial charge in [0.1, 0.15) is 0 Å². The highest BCUT2D eigenvalue weighted by Crippen LogP contribution is 2.13. The molecule has 0 aliphatic carbocycles. The Balaban J connectivity index is 2.67. The quantitative estimate of drug-likeness (QED) is 0.788. The summed E-state index contributed by atoms with van der Waals surface area (Å²) in [6.07, 6.45) is 3.90. The molecule has 0 amide bonds. The summed E-state index contributed by atoms with van der Waals surface area (Å²) in [5.74, 6) is 0.653. The molecule has 3 heteroatoms. The van der Waals surface area contributed by atoms with Gasteiger partial charge in [-0.2, -0.15) is 0 Å². The van der Waals surface area contributed by atoms with E-state index in [0.29, 0.717) is 5.75 Å². The van der Waals surface area contributed by atoms with Gasteiger partial charge in [-0.15, -0.1) is 0 Å². The van der Waals surface area contributed by atoms with Gasteiger partial charge in [0, 0.05) is 35.4 Å². The third-order valence-corrected chi connectivity index (χ3v) is 3.28. The van der Waals surface area contributed by atoms with Crippen LogP contribution in [0.4, 0.5) is 0 Å². The summed E-state index contributed by atoms with van der Waals surface area (Å²) in [6, 6.07) is 10.4. The van der Waals surface area contributed by atoms with Crippen LogP contribution >= 0.6 is 0 Å². The van der Waals surface area contributed by atoms with Crippen LogP contribution < -0.4 is 5.32 Å². The largest absolute Gasteiger partial charge is 0.306 e. The van der Waals surface area contributed by atoms with Crippen molar-refractivity contribution in [2.24, 2.45) is 0 Å². The maximum Gasteiger partial charge on any atom is 0.0439 e. The molecule has 17 heavy (non-hydrogen) atoms. The van der Waals surface area contributed by atoms with Crippen LogP contribution in [0.1, 0.15) is 25.5 Å². The molecule has 0 unspecified atom stereocenters. The van der Waals surface area contributed by atoms with E-state index in [1.54, 1.807) is 6.26 Å². The first-order valence-electron chi connectivity index (χ1n) is 5.81. The smallest absolute Gasteiger partial charge is 0.0439 e. The van der Waals surface area contributed by atoms with Gasteiger partial charge in [-0.25, -0.2) is 0 Å². The summed E-state index contributed by atoms with van der Waals surface area (Å²) in [4.78, 5) is 0. The van der Waals surface area contributed by atoms with Crippen LogP contribution in [0.5, 0.6) is 0 Å². The van der Waals surface area contributed by atoms with Crippen LogP contribution in [0.2, 0.25) is 0 Å². The zero-order valence-electron chi connectivity index (χ0n) is 10.8. The highest BCUT2D eigenvalue weighted by Gasteiger charge is 2.11. The fourth-order valence-electron chi connectivity index (χ4n) is 1.60. The first-order valence-corrected chi connectivity index (χ1v) is 7.54. The minimum absolute atomic E-state index is 0.164. The van der Waals surface area contributed by atoms with E-state index in [-0.39, 0.29) is 6.04 Å². The second-order valence-electron chi connectivity index (χ2n) is 4.39. The van der Waals surface area contributed by atoms with Crippen molar-refractivity contribution in [2.75, 3.05) is 18.6 Å². The Morgan fingerprint density at radius 2 is 2.00 bits per heavy atom. The van der Waals surface area contributed by atoms with Gasteiger partial charge >= 0.3 is 0 Å². The molecular weight excluding hydrogens is 230 g/mol. The number of hydrogen-bond acceptors (Lipinski definition) is 2. The van der Waals surface area contributed by atoms with E-state index in [4.69, 9.17) is 0 Å². The molecule has 0 saturated carbocycles. The molecule has 0 fully saturated rings. The summed E-state index contributed by atoms with van der Waals surface area (Å²) < 4.78 is 11.4. The van der Waals surface area contributed by atoms with Crippen molar-refractivity contribution in [3.05, 3.63) is 47.5 Å². The number of hydrogen-bond donors (Lipinski definition) is 1. The zero-order valence-corrected chi connectivity index (χ0v) is 11.6. The van der Waals surface area contributed by atoms with Crippen LogP contribution in [0.25, 0.3) is 0 Å². The Hall–Kier alpha value is -0.930. The molecule has 0 saturated heterocycles. The van der Waals surface area contributed by atoms with Crippen molar-refractivity contribution < 1.29 is 4.21 Å². The fourth-order valence-corrected chi connectivity index (χ4v) is 2.38. The fraction of sp³-hybridized carbons (Fsp3) is 0.429. The van der Waals surface area contributed by atoms with Crippen molar-refractivity contribution in [2.45, 2.75) is 19.9 Å². The Morgan fingerprint density at radius 3 is 2.53 bits per heavy atom. The van der Waals surface area contributed by atoms with Crippen LogP contribution in [0.3, 0.4) is 0 Å². The Bertz CT molecular complexity index is 382. The molecule has 1 rings (SSSR count). The molecule has 0 radical (unpaired) electrons. The molecular formula is C14H21NOS. The van der Waals surface area contributed by atoms with Gasteiger partial charge in [0.2, 0.25) is 0 Å². The molecule has 1 N–H and O–H groups in total. The molecule has 1 aromatic rings. The molecule has 0 bridgehead atoms. The molecule has 0 aliphatic rings. The standard InChI is InChI=1S/C14H21NOS/c1-12(2)9-10-15-14(11-17(3)16)13-7-5-4-6-8-13/h4-9,14-15H,10-11H2,1-3H3/t14-,17+/m0/s1. The van der Waals surface area contributed by atoms with Gasteiger partial charge in [-0.3, -0.25) is 4.21 Å². The monoisotopic (exact) mass is 251 g/mol. The van der Waals surface area contributed by atoms with E-state index in [1.807, 2.05) is 18.2 Å². The average Bonchev–Trinajstić information content (AvgIpc) is 2.28. The predicted octanol–water partition coefficient (Wildman–Crippen LogP) is 2.66. The van der Waals surface area contributed by atoms with Crippen molar-refractivity contribution in [1.29, 1.82) is 0 Å². The lowest BCUT2D eigenvalue weighted by Crippen LogP contribution is -2.26. The molecule has 2 nitrogen and oxygen atoms in total. The van der Waals surface area contributed by atoms with Crippen molar-refractivity contribution >= 4 is 10.8 Å². The SMILES string of the molecule is CC(C)=CCN[C@@H](C[S@@](C)=O)c1ccccc1. The van der Waals surface area contributed by atoms with Gasteiger partial charge in [-0.1, -0.05) is 42.0 Å². The van der Waals surface area contributed by atoms with E-state index in [0.717, 1.165) is 6.54 Å². The van der Waals surface area contributed by atoms with E-state index in [1.165, 1.54) is 11.1 Å². The van der Waals surface area contributed by atoms with E-state index < -0.39 is 10.8 Å². The van der Waals surface area contributed by atoms with Gasteiger partial charge in [-0.05, 0) is 19.4 Å². The summed E-state index contributed by atoms with van der Waals surface area (Å²) in [5, 5.41) is 3.43. The lowest BCUT2D eigenvalue weighted by Gasteiger charge is -2.17. The van der Waals surface area contributed by atoms with Gasteiger partial charge in [0.15, 0.2) is 0 Å². The minimum atomic E-state index is -0.793. The van der Waals surface area contributed by atoms with Crippen LogP contribution in [-0.4, -0.2) is 22.8 Å². The molecule has 0 spiro atoms. The molecule has 0 aliphatic heterocycles. The third-order valence-electron chi connectivity index (χ3n) is 2.48. The maximum absolute atomic E-state index is 11.4. The summed E-state index contributed by atoms with van der Waals surface area (Å²) in [7, 11) is -0.793. The van der Waals surface area contributed by atoms with Crippen molar-refractivity contribution in [3.8, 4) is 0 Å². The number of benzene rings is 1. The summed E-state index contributed by atoms with van der Waals surface area (Å²) >= 11 is 0. The molecule has 2 atom stereocenters. The molecule has 0 aromatic heterocycles. The van der Waals surface area contributed by atoms with Crippen molar-refractivity contribution in [3.63, 3.8) is 0 Å². The Morgan fingerprint density at radius 1 is 1.35 bits per heavy atom. The second kappa shape index (κ2) is 7.41. The molecule has 94 valence electrons. The van der Waals surface area contributed by atoms with E-state index in [2.05, 4.69) is 37.4 Å². The van der Waals surface area contributed by atoms with Crippen LogP contribution in [0.15, 0.2) is 42.0 Å². The average molecular weight is 251 g/mol. The maximum atomic E-state index is 11.4. The van der Waals surface area contributed by atoms with Gasteiger partial charge < -0.3 is 5.32 Å². The first kappa shape index (κ1) is 14.1. The number of rotatable bonds is 6. The Labute approximate surface area is 107 Å². The van der Waals surface area contributed by atoms with Crippen molar-refractivity contribution in [1.82, 2.24) is 5.32 Å².